The second-order valence-corrected chi connectivity index (χ2v) is 6.23. The minimum absolute atomic E-state index is 0.0197. The molecule has 0 aliphatic heterocycles. The summed E-state index contributed by atoms with van der Waals surface area (Å²) in [5.74, 6) is -0.206. The maximum Gasteiger partial charge on any atom is 0.250 e. The van der Waals surface area contributed by atoms with Gasteiger partial charge in [0.25, 0.3) is 0 Å². The Bertz CT molecular complexity index is 415. The third-order valence-corrected chi connectivity index (χ3v) is 2.83. The summed E-state index contributed by atoms with van der Waals surface area (Å²) >= 11 is 8.16. The van der Waals surface area contributed by atoms with Crippen LogP contribution in [0.3, 0.4) is 0 Å². The highest BCUT2D eigenvalue weighted by Crippen LogP contribution is 2.23. The molecule has 0 fully saturated rings. The molecular formula is C12H15ClINO2. The van der Waals surface area contributed by atoms with Gasteiger partial charge in [-0.1, -0.05) is 11.6 Å². The van der Waals surface area contributed by atoms with Crippen LogP contribution in [0.15, 0.2) is 18.2 Å². The van der Waals surface area contributed by atoms with Crippen molar-refractivity contribution in [3.05, 3.63) is 26.8 Å². The van der Waals surface area contributed by atoms with E-state index in [1.165, 1.54) is 0 Å². The van der Waals surface area contributed by atoms with Crippen LogP contribution in [0.1, 0.15) is 20.8 Å². The van der Waals surface area contributed by atoms with Crippen LogP contribution >= 0.6 is 34.2 Å². The highest BCUT2D eigenvalue weighted by Gasteiger charge is 2.13. The standard InChI is InChI=1S/C12H15ClINO2/c1-12(2,3)17-7-11(16)15-10-5-4-8(14)6-9(10)13/h4-6H,7H2,1-3H3,(H,15,16). The summed E-state index contributed by atoms with van der Waals surface area (Å²) in [4.78, 5) is 11.6. The Morgan fingerprint density at radius 1 is 1.47 bits per heavy atom. The molecular weight excluding hydrogens is 352 g/mol. The zero-order valence-electron chi connectivity index (χ0n) is 10.0. The first-order valence-corrected chi connectivity index (χ1v) is 6.62. The van der Waals surface area contributed by atoms with Crippen LogP contribution in [-0.2, 0) is 9.53 Å². The Hall–Kier alpha value is -0.330. The fourth-order valence-corrected chi connectivity index (χ4v) is 1.96. The first-order chi connectivity index (χ1) is 7.78. The average molecular weight is 368 g/mol. The largest absolute Gasteiger partial charge is 0.366 e. The molecule has 0 bridgehead atoms. The molecule has 0 aliphatic rings. The maximum absolute atomic E-state index is 11.6. The predicted octanol–water partition coefficient (Wildman–Crippen LogP) is 3.70. The van der Waals surface area contributed by atoms with Gasteiger partial charge in [-0.3, -0.25) is 4.79 Å². The zero-order chi connectivity index (χ0) is 13.1. The van der Waals surface area contributed by atoms with Gasteiger partial charge in [-0.15, -0.1) is 0 Å². The zero-order valence-corrected chi connectivity index (χ0v) is 12.9. The van der Waals surface area contributed by atoms with E-state index in [4.69, 9.17) is 16.3 Å². The molecule has 0 saturated carbocycles. The third-order valence-electron chi connectivity index (χ3n) is 1.84. The van der Waals surface area contributed by atoms with Gasteiger partial charge in [-0.2, -0.15) is 0 Å². The maximum atomic E-state index is 11.6. The van der Waals surface area contributed by atoms with E-state index in [1.807, 2.05) is 26.8 Å². The number of halogens is 2. The lowest BCUT2D eigenvalue weighted by Gasteiger charge is -2.19. The van der Waals surface area contributed by atoms with Gasteiger partial charge in [0, 0.05) is 3.57 Å². The number of benzene rings is 1. The molecule has 0 radical (unpaired) electrons. The number of hydrogen-bond acceptors (Lipinski definition) is 2. The summed E-state index contributed by atoms with van der Waals surface area (Å²) in [5.41, 5.74) is 0.280. The number of ether oxygens (including phenoxy) is 1. The van der Waals surface area contributed by atoms with E-state index in [0.717, 1.165) is 3.57 Å². The molecule has 1 aromatic carbocycles. The van der Waals surface area contributed by atoms with Crippen molar-refractivity contribution in [1.82, 2.24) is 0 Å². The van der Waals surface area contributed by atoms with Crippen LogP contribution in [0.2, 0.25) is 5.02 Å². The number of nitrogens with one attached hydrogen (secondary N) is 1. The topological polar surface area (TPSA) is 38.3 Å². The lowest BCUT2D eigenvalue weighted by Crippen LogP contribution is -2.27. The van der Waals surface area contributed by atoms with Gasteiger partial charge in [0.05, 0.1) is 16.3 Å². The van der Waals surface area contributed by atoms with Crippen LogP contribution in [0, 0.1) is 3.57 Å². The first-order valence-electron chi connectivity index (χ1n) is 5.17. The molecule has 1 rings (SSSR count). The smallest absolute Gasteiger partial charge is 0.250 e. The van der Waals surface area contributed by atoms with E-state index in [0.29, 0.717) is 10.7 Å². The van der Waals surface area contributed by atoms with Crippen molar-refractivity contribution in [2.45, 2.75) is 26.4 Å². The third kappa shape index (κ3) is 5.70. The SMILES string of the molecule is CC(C)(C)OCC(=O)Nc1ccc(I)cc1Cl. The van der Waals surface area contributed by atoms with E-state index in [9.17, 15) is 4.79 Å². The summed E-state index contributed by atoms with van der Waals surface area (Å²) in [7, 11) is 0. The molecule has 1 N–H and O–H groups in total. The Balaban J connectivity index is 2.57. The van der Waals surface area contributed by atoms with Crippen molar-refractivity contribution in [1.29, 1.82) is 0 Å². The molecule has 0 aromatic heterocycles. The van der Waals surface area contributed by atoms with Gasteiger partial charge < -0.3 is 10.1 Å². The monoisotopic (exact) mass is 367 g/mol. The quantitative estimate of drug-likeness (QED) is 0.827. The predicted molar refractivity (Wildman–Crippen MR) is 78.5 cm³/mol. The number of anilines is 1. The van der Waals surface area contributed by atoms with Crippen LogP contribution < -0.4 is 5.32 Å². The van der Waals surface area contributed by atoms with Gasteiger partial charge in [-0.05, 0) is 61.6 Å². The summed E-state index contributed by atoms with van der Waals surface area (Å²) in [6.45, 7) is 5.72. The number of carbonyl (C=O) groups excluding carboxylic acids is 1. The molecule has 0 spiro atoms. The van der Waals surface area contributed by atoms with Crippen LogP contribution in [0.4, 0.5) is 5.69 Å². The van der Waals surface area contributed by atoms with Crippen molar-refractivity contribution in [2.75, 3.05) is 11.9 Å². The molecule has 0 aliphatic carbocycles. The molecule has 1 amide bonds. The van der Waals surface area contributed by atoms with Crippen LogP contribution in [0.25, 0.3) is 0 Å². The highest BCUT2D eigenvalue weighted by atomic mass is 127. The molecule has 0 unspecified atom stereocenters. The van der Waals surface area contributed by atoms with Crippen LogP contribution in [0.5, 0.6) is 0 Å². The van der Waals surface area contributed by atoms with Gasteiger partial charge in [0.2, 0.25) is 5.91 Å². The fraction of sp³-hybridized carbons (Fsp3) is 0.417. The van der Waals surface area contributed by atoms with E-state index in [2.05, 4.69) is 27.9 Å². The minimum atomic E-state index is -0.326. The van der Waals surface area contributed by atoms with E-state index < -0.39 is 0 Å². The fourth-order valence-electron chi connectivity index (χ4n) is 1.06. The lowest BCUT2D eigenvalue weighted by molar-refractivity contribution is -0.125. The van der Waals surface area contributed by atoms with Crippen molar-refractivity contribution >= 4 is 45.8 Å². The molecule has 0 saturated heterocycles. The number of hydrogen-bond donors (Lipinski definition) is 1. The Morgan fingerprint density at radius 2 is 2.12 bits per heavy atom. The van der Waals surface area contributed by atoms with Gasteiger partial charge in [0.15, 0.2) is 0 Å². The number of carbonyl (C=O) groups is 1. The molecule has 0 heterocycles. The molecule has 5 heteroatoms. The Morgan fingerprint density at radius 3 is 2.65 bits per heavy atom. The molecule has 0 atom stereocenters. The highest BCUT2D eigenvalue weighted by molar-refractivity contribution is 14.1. The summed E-state index contributed by atoms with van der Waals surface area (Å²) < 4.78 is 6.39. The van der Waals surface area contributed by atoms with Gasteiger partial charge in [-0.25, -0.2) is 0 Å². The number of rotatable bonds is 3. The Labute approximate surface area is 120 Å². The molecule has 1 aromatic rings. The molecule has 94 valence electrons. The second-order valence-electron chi connectivity index (χ2n) is 4.57. The first kappa shape index (κ1) is 14.7. The minimum Gasteiger partial charge on any atom is -0.366 e. The average Bonchev–Trinajstić information content (AvgIpc) is 2.18. The second kappa shape index (κ2) is 6.02. The van der Waals surface area contributed by atoms with Crippen LogP contribution in [-0.4, -0.2) is 18.1 Å². The molecule has 3 nitrogen and oxygen atoms in total. The van der Waals surface area contributed by atoms with E-state index in [-0.39, 0.29) is 18.1 Å². The number of amides is 1. The Kier molecular flexibility index (Phi) is 5.22. The van der Waals surface area contributed by atoms with E-state index >= 15 is 0 Å². The molecule has 17 heavy (non-hydrogen) atoms. The van der Waals surface area contributed by atoms with Crippen molar-refractivity contribution in [3.63, 3.8) is 0 Å². The van der Waals surface area contributed by atoms with Gasteiger partial charge in [0.1, 0.15) is 6.61 Å². The van der Waals surface area contributed by atoms with Crippen molar-refractivity contribution in [3.8, 4) is 0 Å². The lowest BCUT2D eigenvalue weighted by atomic mass is 10.2. The summed E-state index contributed by atoms with van der Waals surface area (Å²) in [5, 5.41) is 3.24. The summed E-state index contributed by atoms with van der Waals surface area (Å²) in [6, 6.07) is 5.45. The summed E-state index contributed by atoms with van der Waals surface area (Å²) in [6.07, 6.45) is 0. The van der Waals surface area contributed by atoms with E-state index in [1.54, 1.807) is 12.1 Å². The van der Waals surface area contributed by atoms with Crippen molar-refractivity contribution in [2.24, 2.45) is 0 Å². The van der Waals surface area contributed by atoms with Crippen molar-refractivity contribution < 1.29 is 9.53 Å². The van der Waals surface area contributed by atoms with Gasteiger partial charge >= 0.3 is 0 Å². The normalized spacial score (nSPS) is 11.4.